The van der Waals surface area contributed by atoms with Crippen molar-refractivity contribution in [1.82, 2.24) is 5.32 Å². The largest absolute Gasteiger partial charge is 0.497 e. The summed E-state index contributed by atoms with van der Waals surface area (Å²) in [7, 11) is 1.64. The normalized spacial score (nSPS) is 24.8. The van der Waals surface area contributed by atoms with E-state index < -0.39 is 0 Å². The van der Waals surface area contributed by atoms with Crippen LogP contribution in [0, 0.1) is 5.41 Å². The number of carbonyl (C=O) groups excluding carboxylic acids is 2. The van der Waals surface area contributed by atoms with Crippen molar-refractivity contribution in [2.75, 3.05) is 7.11 Å². The zero-order valence-electron chi connectivity index (χ0n) is 15.6. The maximum atomic E-state index is 13.1. The molecule has 4 nitrogen and oxygen atoms in total. The molecule has 26 heavy (non-hydrogen) atoms. The summed E-state index contributed by atoms with van der Waals surface area (Å²) in [5.41, 5.74) is 4.57. The second-order valence-electron chi connectivity index (χ2n) is 8.33. The number of ketones is 2. The lowest BCUT2D eigenvalue weighted by molar-refractivity contribution is -0.118. The molecule has 136 valence electrons. The number of hydrogen-bond acceptors (Lipinski definition) is 4. The third-order valence-electron chi connectivity index (χ3n) is 5.70. The molecule has 1 atom stereocenters. The Morgan fingerprint density at radius 1 is 0.962 bits per heavy atom. The van der Waals surface area contributed by atoms with E-state index in [-0.39, 0.29) is 22.9 Å². The number of carbonyl (C=O) groups is 2. The van der Waals surface area contributed by atoms with Crippen molar-refractivity contribution in [1.29, 1.82) is 0 Å². The van der Waals surface area contributed by atoms with Crippen LogP contribution in [-0.4, -0.2) is 18.7 Å². The molecule has 0 spiro atoms. The first-order valence-electron chi connectivity index (χ1n) is 9.33. The first-order chi connectivity index (χ1) is 12.4. The fourth-order valence-electron chi connectivity index (χ4n) is 4.57. The Hall–Kier alpha value is -2.36. The molecule has 4 heteroatoms. The molecule has 2 aliphatic carbocycles. The van der Waals surface area contributed by atoms with Gasteiger partial charge in [0.15, 0.2) is 11.6 Å². The molecule has 1 aromatic rings. The topological polar surface area (TPSA) is 55.4 Å². The van der Waals surface area contributed by atoms with Gasteiger partial charge in [-0.3, -0.25) is 9.59 Å². The minimum absolute atomic E-state index is 0.0515. The van der Waals surface area contributed by atoms with Crippen LogP contribution in [0.2, 0.25) is 0 Å². The molecule has 0 aromatic heterocycles. The molecule has 1 heterocycles. The first-order valence-corrected chi connectivity index (χ1v) is 9.33. The molecule has 0 radical (unpaired) electrons. The summed E-state index contributed by atoms with van der Waals surface area (Å²) in [5, 5.41) is 3.49. The van der Waals surface area contributed by atoms with Crippen LogP contribution in [0.25, 0.3) is 0 Å². The predicted molar refractivity (Wildman–Crippen MR) is 99.8 cm³/mol. The van der Waals surface area contributed by atoms with Crippen LogP contribution < -0.4 is 10.1 Å². The van der Waals surface area contributed by atoms with E-state index in [9.17, 15) is 9.59 Å². The molecule has 0 saturated heterocycles. The highest BCUT2D eigenvalue weighted by Gasteiger charge is 2.43. The van der Waals surface area contributed by atoms with Gasteiger partial charge in [-0.2, -0.15) is 0 Å². The Morgan fingerprint density at radius 2 is 1.65 bits per heavy atom. The smallest absolute Gasteiger partial charge is 0.162 e. The lowest BCUT2D eigenvalue weighted by Gasteiger charge is -2.41. The number of rotatable bonds is 2. The zero-order chi connectivity index (χ0) is 18.5. The van der Waals surface area contributed by atoms with Crippen LogP contribution >= 0.6 is 0 Å². The number of methoxy groups -OCH3 is 1. The van der Waals surface area contributed by atoms with Gasteiger partial charge in [0.1, 0.15) is 5.75 Å². The number of hydrogen-bond donors (Lipinski definition) is 1. The molecule has 0 fully saturated rings. The van der Waals surface area contributed by atoms with Crippen LogP contribution in [0.3, 0.4) is 0 Å². The van der Waals surface area contributed by atoms with Crippen molar-refractivity contribution in [3.63, 3.8) is 0 Å². The Kier molecular flexibility index (Phi) is 4.02. The van der Waals surface area contributed by atoms with Crippen LogP contribution in [0.15, 0.2) is 46.8 Å². The Morgan fingerprint density at radius 3 is 2.35 bits per heavy atom. The summed E-state index contributed by atoms with van der Waals surface area (Å²) in [6.07, 6.45) is 3.68. The monoisotopic (exact) mass is 351 g/mol. The Bertz CT molecular complexity index is 843. The highest BCUT2D eigenvalue weighted by molar-refractivity contribution is 6.06. The summed E-state index contributed by atoms with van der Waals surface area (Å²) in [4.78, 5) is 25.9. The second kappa shape index (κ2) is 6.11. The van der Waals surface area contributed by atoms with E-state index in [1.54, 1.807) is 7.11 Å². The quantitative estimate of drug-likeness (QED) is 0.874. The van der Waals surface area contributed by atoms with Crippen LogP contribution in [-0.2, 0) is 9.59 Å². The highest BCUT2D eigenvalue weighted by Crippen LogP contribution is 2.48. The van der Waals surface area contributed by atoms with Crippen LogP contribution in [0.4, 0.5) is 0 Å². The summed E-state index contributed by atoms with van der Waals surface area (Å²) in [6, 6.07) is 7.78. The molecule has 0 amide bonds. The van der Waals surface area contributed by atoms with Gasteiger partial charge in [-0.05, 0) is 42.4 Å². The summed E-state index contributed by atoms with van der Waals surface area (Å²) in [6.45, 7) is 4.27. The van der Waals surface area contributed by atoms with E-state index in [4.69, 9.17) is 4.74 Å². The van der Waals surface area contributed by atoms with E-state index in [2.05, 4.69) is 19.2 Å². The Balaban J connectivity index is 1.87. The minimum atomic E-state index is -0.247. The summed E-state index contributed by atoms with van der Waals surface area (Å²) in [5.74, 6) is 0.860. The van der Waals surface area contributed by atoms with E-state index >= 15 is 0 Å². The van der Waals surface area contributed by atoms with Crippen LogP contribution in [0.5, 0.6) is 5.75 Å². The van der Waals surface area contributed by atoms with Gasteiger partial charge in [-0.1, -0.05) is 26.0 Å². The molecular formula is C22H25NO3. The van der Waals surface area contributed by atoms with Gasteiger partial charge in [0.25, 0.3) is 0 Å². The van der Waals surface area contributed by atoms with Crippen molar-refractivity contribution in [2.24, 2.45) is 5.41 Å². The van der Waals surface area contributed by atoms with Gasteiger partial charge in [-0.25, -0.2) is 0 Å². The molecule has 1 unspecified atom stereocenters. The molecule has 1 aromatic carbocycles. The maximum Gasteiger partial charge on any atom is 0.162 e. The fraction of sp³-hybridized carbons (Fsp3) is 0.455. The van der Waals surface area contributed by atoms with E-state index in [1.165, 1.54) is 0 Å². The molecule has 3 aliphatic rings. The lowest BCUT2D eigenvalue weighted by Crippen LogP contribution is -2.39. The average Bonchev–Trinajstić information content (AvgIpc) is 2.59. The molecule has 4 rings (SSSR count). The highest BCUT2D eigenvalue weighted by atomic mass is 16.5. The Labute approximate surface area is 154 Å². The van der Waals surface area contributed by atoms with Gasteiger partial charge < -0.3 is 10.1 Å². The average molecular weight is 351 g/mol. The molecule has 1 aliphatic heterocycles. The standard InChI is InChI=1S/C22H25NO3/c1-22(2)11-16-21(18(25)12-22)19(13-7-9-14(26-3)10-8-13)20-15(23-16)5-4-6-17(20)24/h7-10,19,23H,4-6,11-12H2,1-3H3. The third kappa shape index (κ3) is 2.77. The third-order valence-corrected chi connectivity index (χ3v) is 5.70. The predicted octanol–water partition coefficient (Wildman–Crippen LogP) is 4.03. The van der Waals surface area contributed by atoms with Gasteiger partial charge in [0.2, 0.25) is 0 Å². The molecule has 1 N–H and O–H groups in total. The second-order valence-corrected chi connectivity index (χ2v) is 8.33. The maximum absolute atomic E-state index is 13.1. The number of ether oxygens (including phenoxy) is 1. The van der Waals surface area contributed by atoms with Gasteiger partial charge in [-0.15, -0.1) is 0 Å². The number of benzene rings is 1. The van der Waals surface area contributed by atoms with E-state index in [0.717, 1.165) is 53.1 Å². The molecule has 0 bridgehead atoms. The number of Topliss-reactive ketones (excluding diaryl/α,β-unsaturated/α-hetero) is 2. The van der Waals surface area contributed by atoms with Gasteiger partial charge in [0.05, 0.1) is 7.11 Å². The van der Waals surface area contributed by atoms with E-state index in [0.29, 0.717) is 12.8 Å². The van der Waals surface area contributed by atoms with Crippen molar-refractivity contribution < 1.29 is 14.3 Å². The van der Waals surface area contributed by atoms with Gasteiger partial charge >= 0.3 is 0 Å². The SMILES string of the molecule is COc1ccc(C2C3=C(CCCC3=O)NC3=C2C(=O)CC(C)(C)C3)cc1. The van der Waals surface area contributed by atoms with Crippen molar-refractivity contribution in [2.45, 2.75) is 51.9 Å². The molecule has 0 saturated carbocycles. The number of nitrogens with one attached hydrogen (secondary N) is 1. The van der Waals surface area contributed by atoms with Crippen molar-refractivity contribution in [3.05, 3.63) is 52.4 Å². The minimum Gasteiger partial charge on any atom is -0.497 e. The van der Waals surface area contributed by atoms with Crippen LogP contribution in [0.1, 0.15) is 57.4 Å². The molecular weight excluding hydrogens is 326 g/mol. The van der Waals surface area contributed by atoms with Crippen molar-refractivity contribution >= 4 is 11.6 Å². The fourth-order valence-corrected chi connectivity index (χ4v) is 4.57. The summed E-state index contributed by atoms with van der Waals surface area (Å²) >= 11 is 0. The number of dihydropyridines is 1. The van der Waals surface area contributed by atoms with Gasteiger partial charge in [0, 0.05) is 41.3 Å². The van der Waals surface area contributed by atoms with E-state index in [1.807, 2.05) is 24.3 Å². The lowest BCUT2D eigenvalue weighted by atomic mass is 9.67. The first kappa shape index (κ1) is 17.1. The zero-order valence-corrected chi connectivity index (χ0v) is 15.6. The summed E-state index contributed by atoms with van der Waals surface area (Å²) < 4.78 is 5.27. The number of allylic oxidation sites excluding steroid dienone is 4. The van der Waals surface area contributed by atoms with Crippen molar-refractivity contribution in [3.8, 4) is 5.75 Å².